The summed E-state index contributed by atoms with van der Waals surface area (Å²) in [5, 5.41) is 0. The summed E-state index contributed by atoms with van der Waals surface area (Å²) < 4.78 is 0. The summed E-state index contributed by atoms with van der Waals surface area (Å²) in [6.45, 7) is 10.2. The first-order valence-electron chi connectivity index (χ1n) is 5.17. The lowest BCUT2D eigenvalue weighted by molar-refractivity contribution is -0.114. The Morgan fingerprint density at radius 2 is 2.00 bits per heavy atom. The van der Waals surface area contributed by atoms with E-state index < -0.39 is 0 Å². The van der Waals surface area contributed by atoms with Gasteiger partial charge in [0.15, 0.2) is 5.78 Å². The molecule has 0 aromatic heterocycles. The van der Waals surface area contributed by atoms with E-state index in [2.05, 4.69) is 27.4 Å². The molecule has 0 aromatic carbocycles. The Morgan fingerprint density at radius 1 is 1.38 bits per heavy atom. The Bertz CT molecular complexity index is 168. The van der Waals surface area contributed by atoms with Crippen molar-refractivity contribution in [1.29, 1.82) is 0 Å². The van der Waals surface area contributed by atoms with E-state index in [1.165, 1.54) is 18.9 Å². The third kappa shape index (κ3) is 6.56. The molecule has 0 unspecified atom stereocenters. The Balaban J connectivity index is 3.46. The van der Waals surface area contributed by atoms with Gasteiger partial charge in [0.25, 0.3) is 0 Å². The lowest BCUT2D eigenvalue weighted by Crippen LogP contribution is -2.09. The van der Waals surface area contributed by atoms with Crippen LogP contribution >= 0.6 is 0 Å². The first-order chi connectivity index (χ1) is 6.02. The minimum atomic E-state index is 0.175. The second-order valence-corrected chi connectivity index (χ2v) is 4.40. The van der Waals surface area contributed by atoms with Crippen LogP contribution in [0.5, 0.6) is 0 Å². The van der Waals surface area contributed by atoms with Crippen molar-refractivity contribution in [2.24, 2.45) is 5.41 Å². The zero-order chi connectivity index (χ0) is 10.3. The van der Waals surface area contributed by atoms with Crippen LogP contribution in [-0.4, -0.2) is 5.78 Å². The van der Waals surface area contributed by atoms with Crippen LogP contribution in [0.1, 0.15) is 52.9 Å². The molecule has 0 amide bonds. The summed E-state index contributed by atoms with van der Waals surface area (Å²) in [7, 11) is 0. The number of hydrogen-bond acceptors (Lipinski definition) is 1. The smallest absolute Gasteiger partial charge is 0.155 e. The van der Waals surface area contributed by atoms with Gasteiger partial charge in [-0.15, -0.1) is 0 Å². The molecule has 0 aromatic rings. The number of allylic oxidation sites excluding steroid dienone is 1. The maximum Gasteiger partial charge on any atom is 0.155 e. The number of ketones is 1. The fourth-order valence-corrected chi connectivity index (χ4v) is 1.18. The average Bonchev–Trinajstić information content (AvgIpc) is 2.12. The first-order valence-corrected chi connectivity index (χ1v) is 5.17. The fourth-order valence-electron chi connectivity index (χ4n) is 1.18. The van der Waals surface area contributed by atoms with Crippen LogP contribution in [-0.2, 0) is 4.79 Å². The SMILES string of the molecule is C=CC(=O)CCCCC(C)(C)CC. The Labute approximate surface area is 82.2 Å². The van der Waals surface area contributed by atoms with Gasteiger partial charge in [0.05, 0.1) is 0 Å². The maximum absolute atomic E-state index is 10.9. The third-order valence-electron chi connectivity index (χ3n) is 2.71. The van der Waals surface area contributed by atoms with Gasteiger partial charge >= 0.3 is 0 Å². The van der Waals surface area contributed by atoms with Crippen molar-refractivity contribution in [3.05, 3.63) is 12.7 Å². The van der Waals surface area contributed by atoms with Gasteiger partial charge in [-0.3, -0.25) is 4.79 Å². The average molecular weight is 182 g/mol. The van der Waals surface area contributed by atoms with Crippen LogP contribution in [0.2, 0.25) is 0 Å². The normalized spacial score (nSPS) is 11.3. The molecule has 0 rings (SSSR count). The summed E-state index contributed by atoms with van der Waals surface area (Å²) in [6, 6.07) is 0. The largest absolute Gasteiger partial charge is 0.295 e. The molecule has 0 saturated carbocycles. The van der Waals surface area contributed by atoms with E-state index in [1.807, 2.05) is 0 Å². The lowest BCUT2D eigenvalue weighted by atomic mass is 9.84. The van der Waals surface area contributed by atoms with E-state index in [4.69, 9.17) is 0 Å². The molecule has 0 saturated heterocycles. The predicted octanol–water partition coefficient (Wildman–Crippen LogP) is 3.74. The molecule has 0 aliphatic carbocycles. The van der Waals surface area contributed by atoms with Gasteiger partial charge in [-0.05, 0) is 24.3 Å². The minimum absolute atomic E-state index is 0.175. The van der Waals surface area contributed by atoms with Gasteiger partial charge in [-0.2, -0.15) is 0 Å². The highest BCUT2D eigenvalue weighted by Crippen LogP contribution is 2.26. The Kier molecular flexibility index (Phi) is 5.68. The van der Waals surface area contributed by atoms with E-state index in [-0.39, 0.29) is 5.78 Å². The third-order valence-corrected chi connectivity index (χ3v) is 2.71. The summed E-state index contributed by atoms with van der Waals surface area (Å²) in [5.41, 5.74) is 0.442. The van der Waals surface area contributed by atoms with Crippen LogP contribution in [0.3, 0.4) is 0 Å². The second kappa shape index (κ2) is 5.95. The molecule has 13 heavy (non-hydrogen) atoms. The van der Waals surface area contributed by atoms with Gasteiger partial charge in [-0.1, -0.05) is 40.2 Å². The zero-order valence-electron chi connectivity index (χ0n) is 9.23. The van der Waals surface area contributed by atoms with Crippen LogP contribution in [0.15, 0.2) is 12.7 Å². The lowest BCUT2D eigenvalue weighted by Gasteiger charge is -2.21. The molecule has 0 heterocycles. The van der Waals surface area contributed by atoms with E-state index >= 15 is 0 Å². The molecule has 0 bridgehead atoms. The van der Waals surface area contributed by atoms with Crippen molar-refractivity contribution in [2.75, 3.05) is 0 Å². The summed E-state index contributed by atoms with van der Waals surface area (Å²) in [4.78, 5) is 10.9. The molecular weight excluding hydrogens is 160 g/mol. The summed E-state index contributed by atoms with van der Waals surface area (Å²) in [6.07, 6.45) is 6.68. The topological polar surface area (TPSA) is 17.1 Å². The highest BCUT2D eigenvalue weighted by atomic mass is 16.1. The second-order valence-electron chi connectivity index (χ2n) is 4.40. The van der Waals surface area contributed by atoms with Crippen LogP contribution in [0, 0.1) is 5.41 Å². The van der Waals surface area contributed by atoms with Crippen LogP contribution in [0.4, 0.5) is 0 Å². The van der Waals surface area contributed by atoms with Gasteiger partial charge < -0.3 is 0 Å². The zero-order valence-corrected chi connectivity index (χ0v) is 9.23. The van der Waals surface area contributed by atoms with Crippen molar-refractivity contribution in [2.45, 2.75) is 52.9 Å². The summed E-state index contributed by atoms with van der Waals surface area (Å²) >= 11 is 0. The number of rotatable bonds is 7. The molecule has 76 valence electrons. The molecular formula is C12H22O. The van der Waals surface area contributed by atoms with E-state index in [0.717, 1.165) is 12.8 Å². The standard InChI is InChI=1S/C12H22O/c1-5-11(13)9-7-8-10-12(3,4)6-2/h5H,1,6-10H2,2-4H3. The molecule has 0 atom stereocenters. The first kappa shape index (κ1) is 12.4. The molecule has 1 nitrogen and oxygen atoms in total. The number of unbranched alkanes of at least 4 members (excludes halogenated alkanes) is 1. The van der Waals surface area contributed by atoms with Gasteiger partial charge in [-0.25, -0.2) is 0 Å². The quantitative estimate of drug-likeness (QED) is 0.433. The molecule has 0 radical (unpaired) electrons. The maximum atomic E-state index is 10.9. The fraction of sp³-hybridized carbons (Fsp3) is 0.750. The molecule has 0 aliphatic heterocycles. The number of carbonyl (C=O) groups excluding carboxylic acids is 1. The van der Waals surface area contributed by atoms with Crippen molar-refractivity contribution in [1.82, 2.24) is 0 Å². The minimum Gasteiger partial charge on any atom is -0.295 e. The van der Waals surface area contributed by atoms with Crippen LogP contribution in [0.25, 0.3) is 0 Å². The van der Waals surface area contributed by atoms with Crippen molar-refractivity contribution < 1.29 is 4.79 Å². The Hall–Kier alpha value is -0.590. The monoisotopic (exact) mass is 182 g/mol. The molecule has 0 aliphatic rings. The van der Waals surface area contributed by atoms with E-state index in [9.17, 15) is 4.79 Å². The van der Waals surface area contributed by atoms with Crippen molar-refractivity contribution >= 4 is 5.78 Å². The van der Waals surface area contributed by atoms with Gasteiger partial charge in [0, 0.05) is 6.42 Å². The number of hydrogen-bond donors (Lipinski definition) is 0. The van der Waals surface area contributed by atoms with E-state index in [0.29, 0.717) is 11.8 Å². The van der Waals surface area contributed by atoms with Gasteiger partial charge in [0.2, 0.25) is 0 Å². The molecule has 1 heteroatoms. The van der Waals surface area contributed by atoms with E-state index in [1.54, 1.807) is 0 Å². The van der Waals surface area contributed by atoms with Crippen molar-refractivity contribution in [3.63, 3.8) is 0 Å². The highest BCUT2D eigenvalue weighted by Gasteiger charge is 2.13. The highest BCUT2D eigenvalue weighted by molar-refractivity contribution is 5.88. The predicted molar refractivity (Wildman–Crippen MR) is 57.7 cm³/mol. The molecule has 0 fully saturated rings. The van der Waals surface area contributed by atoms with Crippen molar-refractivity contribution in [3.8, 4) is 0 Å². The molecule has 0 spiro atoms. The van der Waals surface area contributed by atoms with Crippen LogP contribution < -0.4 is 0 Å². The summed E-state index contributed by atoms with van der Waals surface area (Å²) in [5.74, 6) is 0.175. The molecule has 0 N–H and O–H groups in total. The number of carbonyl (C=O) groups is 1. The Morgan fingerprint density at radius 3 is 2.46 bits per heavy atom. The van der Waals surface area contributed by atoms with Gasteiger partial charge in [0.1, 0.15) is 0 Å².